The summed E-state index contributed by atoms with van der Waals surface area (Å²) in [4.78, 5) is 4.30. The second kappa shape index (κ2) is 4.72. The molecule has 7 heteroatoms. The van der Waals surface area contributed by atoms with Gasteiger partial charge in [0.1, 0.15) is 5.75 Å². The number of aromatic nitrogens is 3. The zero-order valence-electron chi connectivity index (χ0n) is 11.8. The Bertz CT molecular complexity index is 845. The van der Waals surface area contributed by atoms with Crippen LogP contribution in [0.2, 0.25) is 0 Å². The number of H-pyrrole nitrogens is 1. The molecule has 0 radical (unpaired) electrons. The Morgan fingerprint density at radius 2 is 1.86 bits per heavy atom. The summed E-state index contributed by atoms with van der Waals surface area (Å²) >= 11 is 0. The van der Waals surface area contributed by atoms with E-state index in [9.17, 15) is 18.3 Å². The summed E-state index contributed by atoms with van der Waals surface area (Å²) in [5.41, 5.74) is 1.36. The van der Waals surface area contributed by atoms with Crippen LogP contribution in [0.4, 0.5) is 13.2 Å². The lowest BCUT2D eigenvalue weighted by atomic mass is 10.00. The molecule has 0 aliphatic rings. The summed E-state index contributed by atoms with van der Waals surface area (Å²) < 4.78 is 38.3. The monoisotopic (exact) mass is 307 g/mol. The Kier molecular flexibility index (Phi) is 3.09. The first-order valence-corrected chi connectivity index (χ1v) is 6.50. The predicted molar refractivity (Wildman–Crippen MR) is 75.5 cm³/mol. The van der Waals surface area contributed by atoms with E-state index in [2.05, 4.69) is 15.2 Å². The SMILES string of the molecule is Cc1cc(C(F)(F)F)cc(O)c1-c1ccc2c(C)[nH]nc2n1. The van der Waals surface area contributed by atoms with Crippen molar-refractivity contribution in [3.63, 3.8) is 0 Å². The molecule has 0 saturated heterocycles. The Labute approximate surface area is 123 Å². The first-order chi connectivity index (χ1) is 10.3. The van der Waals surface area contributed by atoms with Crippen LogP contribution in [0.15, 0.2) is 24.3 Å². The molecule has 2 aromatic heterocycles. The highest BCUT2D eigenvalue weighted by Crippen LogP contribution is 2.38. The average Bonchev–Trinajstić information content (AvgIpc) is 2.78. The molecule has 0 unspecified atom stereocenters. The van der Waals surface area contributed by atoms with Gasteiger partial charge in [0, 0.05) is 16.6 Å². The molecule has 0 spiro atoms. The largest absolute Gasteiger partial charge is 0.507 e. The van der Waals surface area contributed by atoms with Crippen LogP contribution in [0.25, 0.3) is 22.3 Å². The van der Waals surface area contributed by atoms with E-state index < -0.39 is 17.5 Å². The molecule has 3 rings (SSSR count). The van der Waals surface area contributed by atoms with E-state index in [0.717, 1.165) is 17.1 Å². The van der Waals surface area contributed by atoms with E-state index in [1.54, 1.807) is 12.1 Å². The summed E-state index contributed by atoms with van der Waals surface area (Å²) in [6.07, 6.45) is -4.50. The van der Waals surface area contributed by atoms with Crippen molar-refractivity contribution in [2.75, 3.05) is 0 Å². The fourth-order valence-electron chi connectivity index (χ4n) is 2.43. The van der Waals surface area contributed by atoms with Crippen molar-refractivity contribution in [1.29, 1.82) is 0 Å². The fraction of sp³-hybridized carbons (Fsp3) is 0.200. The van der Waals surface area contributed by atoms with E-state index >= 15 is 0 Å². The van der Waals surface area contributed by atoms with Gasteiger partial charge in [-0.3, -0.25) is 5.10 Å². The third-order valence-electron chi connectivity index (χ3n) is 3.51. The highest BCUT2D eigenvalue weighted by molar-refractivity contribution is 5.82. The number of rotatable bonds is 1. The number of aromatic hydroxyl groups is 1. The summed E-state index contributed by atoms with van der Waals surface area (Å²) in [5, 5.41) is 17.6. The molecule has 0 aliphatic carbocycles. The van der Waals surface area contributed by atoms with Crippen molar-refractivity contribution in [1.82, 2.24) is 15.2 Å². The zero-order valence-corrected chi connectivity index (χ0v) is 11.8. The second-order valence-electron chi connectivity index (χ2n) is 5.10. The van der Waals surface area contributed by atoms with E-state index in [0.29, 0.717) is 23.0 Å². The van der Waals surface area contributed by atoms with E-state index in [1.165, 1.54) is 6.92 Å². The van der Waals surface area contributed by atoms with Crippen LogP contribution in [-0.2, 0) is 6.18 Å². The van der Waals surface area contributed by atoms with Gasteiger partial charge < -0.3 is 5.11 Å². The molecule has 1 aromatic carbocycles. The van der Waals surface area contributed by atoms with Crippen LogP contribution in [0.3, 0.4) is 0 Å². The number of phenolic OH excluding ortho intramolecular Hbond substituents is 1. The Morgan fingerprint density at radius 3 is 2.50 bits per heavy atom. The average molecular weight is 307 g/mol. The molecule has 4 nitrogen and oxygen atoms in total. The maximum Gasteiger partial charge on any atom is 0.416 e. The molecule has 0 saturated carbocycles. The normalized spacial score (nSPS) is 12.0. The molecular formula is C15H12F3N3O. The first-order valence-electron chi connectivity index (χ1n) is 6.50. The number of aromatic amines is 1. The molecule has 0 atom stereocenters. The molecular weight excluding hydrogens is 295 g/mol. The fourth-order valence-corrected chi connectivity index (χ4v) is 2.43. The van der Waals surface area contributed by atoms with Gasteiger partial charge in [0.05, 0.1) is 11.3 Å². The summed E-state index contributed by atoms with van der Waals surface area (Å²) in [6, 6.07) is 5.13. The second-order valence-corrected chi connectivity index (χ2v) is 5.10. The molecule has 22 heavy (non-hydrogen) atoms. The molecule has 3 aromatic rings. The smallest absolute Gasteiger partial charge is 0.416 e. The van der Waals surface area contributed by atoms with Crippen LogP contribution >= 0.6 is 0 Å². The molecule has 0 aliphatic heterocycles. The minimum atomic E-state index is -4.50. The number of pyridine rings is 1. The molecule has 0 fully saturated rings. The van der Waals surface area contributed by atoms with Gasteiger partial charge in [0.2, 0.25) is 0 Å². The quantitative estimate of drug-likeness (QED) is 0.715. The maximum absolute atomic E-state index is 12.8. The lowest BCUT2D eigenvalue weighted by molar-refractivity contribution is -0.137. The summed E-state index contributed by atoms with van der Waals surface area (Å²) in [6.45, 7) is 3.35. The number of hydrogen-bond acceptors (Lipinski definition) is 3. The van der Waals surface area contributed by atoms with Crippen molar-refractivity contribution in [3.8, 4) is 17.0 Å². The number of nitrogens with one attached hydrogen (secondary N) is 1. The van der Waals surface area contributed by atoms with E-state index in [4.69, 9.17) is 0 Å². The Morgan fingerprint density at radius 1 is 1.14 bits per heavy atom. The van der Waals surface area contributed by atoms with Crippen molar-refractivity contribution in [2.24, 2.45) is 0 Å². The van der Waals surface area contributed by atoms with Crippen molar-refractivity contribution in [3.05, 3.63) is 41.1 Å². The number of benzene rings is 1. The van der Waals surface area contributed by atoms with Crippen LogP contribution in [-0.4, -0.2) is 20.3 Å². The molecule has 114 valence electrons. The van der Waals surface area contributed by atoms with Crippen molar-refractivity contribution in [2.45, 2.75) is 20.0 Å². The van der Waals surface area contributed by atoms with Crippen molar-refractivity contribution >= 4 is 11.0 Å². The summed E-state index contributed by atoms with van der Waals surface area (Å²) in [5.74, 6) is -0.452. The number of halogens is 3. The van der Waals surface area contributed by atoms with Crippen LogP contribution in [0.1, 0.15) is 16.8 Å². The van der Waals surface area contributed by atoms with Gasteiger partial charge in [0.15, 0.2) is 5.65 Å². The highest BCUT2D eigenvalue weighted by Gasteiger charge is 2.32. The first kappa shape index (κ1) is 14.4. The van der Waals surface area contributed by atoms with Crippen LogP contribution in [0, 0.1) is 13.8 Å². The lowest BCUT2D eigenvalue weighted by Gasteiger charge is -2.13. The van der Waals surface area contributed by atoms with Gasteiger partial charge in [-0.15, -0.1) is 0 Å². The molecule has 0 amide bonds. The molecule has 2 N–H and O–H groups in total. The van der Waals surface area contributed by atoms with Crippen LogP contribution < -0.4 is 0 Å². The van der Waals surface area contributed by atoms with Gasteiger partial charge in [-0.1, -0.05) is 0 Å². The van der Waals surface area contributed by atoms with Gasteiger partial charge in [-0.05, 0) is 43.7 Å². The van der Waals surface area contributed by atoms with E-state index in [-0.39, 0.29) is 5.56 Å². The maximum atomic E-state index is 12.8. The number of alkyl halides is 3. The number of nitrogens with zero attached hydrogens (tertiary/aromatic N) is 2. The minimum absolute atomic E-state index is 0.274. The molecule has 2 heterocycles. The topological polar surface area (TPSA) is 61.8 Å². The van der Waals surface area contributed by atoms with Crippen LogP contribution in [0.5, 0.6) is 5.75 Å². The van der Waals surface area contributed by atoms with Gasteiger partial charge in [-0.25, -0.2) is 4.98 Å². The number of hydrogen-bond donors (Lipinski definition) is 2. The zero-order chi connectivity index (χ0) is 16.1. The third-order valence-corrected chi connectivity index (χ3v) is 3.51. The van der Waals surface area contributed by atoms with Crippen molar-refractivity contribution < 1.29 is 18.3 Å². The Balaban J connectivity index is 2.18. The number of phenols is 1. The third kappa shape index (κ3) is 2.28. The minimum Gasteiger partial charge on any atom is -0.507 e. The van der Waals surface area contributed by atoms with Gasteiger partial charge in [-0.2, -0.15) is 18.3 Å². The standard InChI is InChI=1S/C15H12F3N3O/c1-7-5-9(15(16,17)18)6-12(22)13(7)11-4-3-10-8(2)20-21-14(10)19-11/h3-6,22H,1-2H3,(H,19,20,21). The predicted octanol–water partition coefficient (Wildman–Crippen LogP) is 3.97. The summed E-state index contributed by atoms with van der Waals surface area (Å²) in [7, 11) is 0. The molecule has 0 bridgehead atoms. The van der Waals surface area contributed by atoms with Gasteiger partial charge in [0.25, 0.3) is 0 Å². The Hall–Kier alpha value is -2.57. The number of aryl methyl sites for hydroxylation is 2. The number of fused-ring (bicyclic) bond motifs is 1. The lowest BCUT2D eigenvalue weighted by Crippen LogP contribution is -2.05. The van der Waals surface area contributed by atoms with E-state index in [1.807, 2.05) is 6.92 Å². The van der Waals surface area contributed by atoms with Gasteiger partial charge >= 0.3 is 6.18 Å². The highest BCUT2D eigenvalue weighted by atomic mass is 19.4.